The van der Waals surface area contributed by atoms with Crippen molar-refractivity contribution in [2.75, 3.05) is 11.9 Å². The number of nitrogens with one attached hydrogen (secondary N) is 2. The van der Waals surface area contributed by atoms with E-state index in [1.54, 1.807) is 0 Å². The quantitative estimate of drug-likeness (QED) is 0.899. The minimum Gasteiger partial charge on any atom is -0.375 e. The Morgan fingerprint density at radius 1 is 1.43 bits per heavy atom. The number of amides is 2. The number of nitrogens with zero attached hydrogens (tertiary/aromatic N) is 2. The monoisotopic (exact) mass is 310 g/mol. The highest BCUT2D eigenvalue weighted by atomic mass is 32.1. The van der Waals surface area contributed by atoms with Gasteiger partial charge < -0.3 is 10.1 Å². The second kappa shape index (κ2) is 5.53. The maximum atomic E-state index is 11.9. The van der Waals surface area contributed by atoms with Crippen molar-refractivity contribution in [1.29, 1.82) is 0 Å². The Morgan fingerprint density at radius 3 is 2.81 bits per heavy atom. The summed E-state index contributed by atoms with van der Waals surface area (Å²) < 4.78 is 10.1. The molecule has 1 aromatic heterocycles. The number of aromatic nitrogens is 2. The molecule has 0 aliphatic carbocycles. The zero-order valence-electron chi connectivity index (χ0n) is 12.7. The predicted molar refractivity (Wildman–Crippen MR) is 81.6 cm³/mol. The fraction of sp³-hybridized carbons (Fsp3) is 0.786. The molecule has 2 saturated heterocycles. The summed E-state index contributed by atoms with van der Waals surface area (Å²) in [7, 11) is 0. The molecule has 0 spiro atoms. The van der Waals surface area contributed by atoms with Crippen molar-refractivity contribution in [2.24, 2.45) is 5.92 Å². The molecule has 0 aromatic carbocycles. The number of hydrogen-bond acceptors (Lipinski definition) is 5. The molecule has 3 rings (SSSR count). The Bertz CT molecular complexity index is 525. The fourth-order valence-corrected chi connectivity index (χ4v) is 3.66. The van der Waals surface area contributed by atoms with Crippen LogP contribution in [0, 0.1) is 5.92 Å². The summed E-state index contributed by atoms with van der Waals surface area (Å²) in [6.07, 6.45) is 4.13. The highest BCUT2D eigenvalue weighted by Gasteiger charge is 2.40. The SMILES string of the molecule is CC(C)(C)c1nsc(NC(=O)NC[C@@H]2C[C@H]3CC[C@@H]2O3)n1. The van der Waals surface area contributed by atoms with Gasteiger partial charge in [0.2, 0.25) is 5.13 Å². The minimum atomic E-state index is -0.214. The molecule has 3 atom stereocenters. The van der Waals surface area contributed by atoms with E-state index in [2.05, 4.69) is 20.0 Å². The lowest BCUT2D eigenvalue weighted by molar-refractivity contribution is 0.0928. The van der Waals surface area contributed by atoms with Gasteiger partial charge in [0.05, 0.1) is 12.2 Å². The van der Waals surface area contributed by atoms with Crippen LogP contribution in [0.15, 0.2) is 0 Å². The van der Waals surface area contributed by atoms with E-state index in [4.69, 9.17) is 4.74 Å². The summed E-state index contributed by atoms with van der Waals surface area (Å²) >= 11 is 1.22. The summed E-state index contributed by atoms with van der Waals surface area (Å²) in [6, 6.07) is -0.214. The van der Waals surface area contributed by atoms with Gasteiger partial charge in [-0.25, -0.2) is 9.78 Å². The van der Waals surface area contributed by atoms with E-state index < -0.39 is 0 Å². The standard InChI is InChI=1S/C14H22N4O2S/c1-14(2,3)11-16-13(21-18-11)17-12(19)15-7-8-6-9-4-5-10(8)20-9/h8-10H,4-7H2,1-3H3,(H2,15,16,17,18,19)/t8-,9+,10-/m0/s1. The van der Waals surface area contributed by atoms with E-state index in [-0.39, 0.29) is 11.4 Å². The molecule has 2 aliphatic heterocycles. The van der Waals surface area contributed by atoms with Crippen LogP contribution in [0.1, 0.15) is 45.9 Å². The Balaban J connectivity index is 1.47. The van der Waals surface area contributed by atoms with Crippen LogP contribution in [0.2, 0.25) is 0 Å². The van der Waals surface area contributed by atoms with Gasteiger partial charge in [-0.15, -0.1) is 0 Å². The van der Waals surface area contributed by atoms with E-state index in [9.17, 15) is 4.79 Å². The zero-order valence-corrected chi connectivity index (χ0v) is 13.5. The van der Waals surface area contributed by atoms with Gasteiger partial charge in [-0.1, -0.05) is 20.8 Å². The molecule has 3 heterocycles. The van der Waals surface area contributed by atoms with Crippen molar-refractivity contribution >= 4 is 22.7 Å². The molecule has 2 N–H and O–H groups in total. The third-order valence-electron chi connectivity index (χ3n) is 4.07. The molecule has 0 radical (unpaired) electrons. The minimum absolute atomic E-state index is 0.104. The highest BCUT2D eigenvalue weighted by Crippen LogP contribution is 2.38. The number of carbonyl (C=O) groups excluding carboxylic acids is 1. The number of ether oxygens (including phenoxy) is 1. The Hall–Kier alpha value is -1.21. The normalized spacial score (nSPS) is 27.9. The van der Waals surface area contributed by atoms with Crippen LogP contribution in [0.25, 0.3) is 0 Å². The van der Waals surface area contributed by atoms with E-state index in [1.807, 2.05) is 20.8 Å². The average Bonchev–Trinajstić information content (AvgIpc) is 3.10. The van der Waals surface area contributed by atoms with Crippen molar-refractivity contribution in [3.8, 4) is 0 Å². The van der Waals surface area contributed by atoms with Gasteiger partial charge in [-0.3, -0.25) is 5.32 Å². The van der Waals surface area contributed by atoms with Crippen LogP contribution in [-0.2, 0) is 10.2 Å². The molecule has 1 aromatic rings. The van der Waals surface area contributed by atoms with Gasteiger partial charge in [0.15, 0.2) is 0 Å². The first-order valence-corrected chi connectivity index (χ1v) is 8.23. The van der Waals surface area contributed by atoms with Crippen molar-refractivity contribution in [3.63, 3.8) is 0 Å². The Morgan fingerprint density at radius 2 is 2.24 bits per heavy atom. The third-order valence-corrected chi connectivity index (χ3v) is 4.70. The van der Waals surface area contributed by atoms with Gasteiger partial charge in [0, 0.05) is 29.4 Å². The summed E-state index contributed by atoms with van der Waals surface area (Å²) in [4.78, 5) is 16.3. The smallest absolute Gasteiger partial charge is 0.321 e. The molecule has 2 amide bonds. The van der Waals surface area contributed by atoms with Crippen LogP contribution < -0.4 is 10.6 Å². The van der Waals surface area contributed by atoms with Crippen LogP contribution >= 0.6 is 11.5 Å². The number of carbonyl (C=O) groups is 1. The Labute approximate surface area is 128 Å². The third kappa shape index (κ3) is 3.35. The zero-order chi connectivity index (χ0) is 15.0. The molecule has 2 fully saturated rings. The molecule has 7 heteroatoms. The van der Waals surface area contributed by atoms with Crippen molar-refractivity contribution < 1.29 is 9.53 Å². The van der Waals surface area contributed by atoms with Crippen molar-refractivity contribution in [3.05, 3.63) is 5.82 Å². The van der Waals surface area contributed by atoms with Crippen LogP contribution in [-0.4, -0.2) is 34.1 Å². The second-order valence-electron chi connectivity index (χ2n) is 6.88. The maximum absolute atomic E-state index is 11.9. The first-order chi connectivity index (χ1) is 9.91. The largest absolute Gasteiger partial charge is 0.375 e. The van der Waals surface area contributed by atoms with E-state index in [0.717, 1.165) is 18.7 Å². The fourth-order valence-electron chi connectivity index (χ4n) is 2.90. The number of rotatable bonds is 3. The van der Waals surface area contributed by atoms with Gasteiger partial charge in [0.1, 0.15) is 5.82 Å². The lowest BCUT2D eigenvalue weighted by atomic mass is 9.89. The Kier molecular flexibility index (Phi) is 3.88. The van der Waals surface area contributed by atoms with Crippen molar-refractivity contribution in [2.45, 2.75) is 57.7 Å². The van der Waals surface area contributed by atoms with Gasteiger partial charge in [0.25, 0.3) is 0 Å². The average molecular weight is 310 g/mol. The molecule has 2 bridgehead atoms. The lowest BCUT2D eigenvalue weighted by Gasteiger charge is -2.18. The molecular formula is C14H22N4O2S. The number of fused-ring (bicyclic) bond motifs is 2. The first kappa shape index (κ1) is 14.7. The van der Waals surface area contributed by atoms with E-state index in [1.165, 1.54) is 18.0 Å². The van der Waals surface area contributed by atoms with Gasteiger partial charge >= 0.3 is 6.03 Å². The second-order valence-corrected chi connectivity index (χ2v) is 7.63. The summed E-state index contributed by atoms with van der Waals surface area (Å²) in [6.45, 7) is 6.81. The van der Waals surface area contributed by atoms with Crippen molar-refractivity contribution in [1.82, 2.24) is 14.7 Å². The summed E-state index contributed by atoms with van der Waals surface area (Å²) in [5.74, 6) is 1.21. The highest BCUT2D eigenvalue weighted by molar-refractivity contribution is 7.09. The van der Waals surface area contributed by atoms with Crippen LogP contribution in [0.3, 0.4) is 0 Å². The molecular weight excluding hydrogens is 288 g/mol. The molecule has 0 unspecified atom stereocenters. The summed E-state index contributed by atoms with van der Waals surface area (Å²) in [5, 5.41) is 6.21. The van der Waals surface area contributed by atoms with Crippen LogP contribution in [0.5, 0.6) is 0 Å². The molecule has 2 aliphatic rings. The molecule has 0 saturated carbocycles. The first-order valence-electron chi connectivity index (χ1n) is 7.46. The van der Waals surface area contributed by atoms with Gasteiger partial charge in [-0.2, -0.15) is 4.37 Å². The van der Waals surface area contributed by atoms with Crippen LogP contribution in [0.4, 0.5) is 9.93 Å². The number of hydrogen-bond donors (Lipinski definition) is 2. The number of anilines is 1. The lowest BCUT2D eigenvalue weighted by Crippen LogP contribution is -2.36. The molecule has 116 valence electrons. The van der Waals surface area contributed by atoms with E-state index >= 15 is 0 Å². The predicted octanol–water partition coefficient (Wildman–Crippen LogP) is 2.52. The maximum Gasteiger partial charge on any atom is 0.321 e. The molecule has 21 heavy (non-hydrogen) atoms. The molecule has 6 nitrogen and oxygen atoms in total. The summed E-state index contributed by atoms with van der Waals surface area (Å²) in [5.41, 5.74) is -0.104. The van der Waals surface area contributed by atoms with Gasteiger partial charge in [-0.05, 0) is 19.3 Å². The number of urea groups is 1. The topological polar surface area (TPSA) is 76.1 Å². The van der Waals surface area contributed by atoms with E-state index in [0.29, 0.717) is 29.8 Å².